The van der Waals surface area contributed by atoms with E-state index in [1.165, 1.54) is 36.4 Å². The summed E-state index contributed by atoms with van der Waals surface area (Å²) < 4.78 is 23.3. The maximum Gasteiger partial charge on any atom is 0.286 e. The zero-order valence-corrected chi connectivity index (χ0v) is 30.6. The van der Waals surface area contributed by atoms with Crippen LogP contribution in [-0.4, -0.2) is 85.6 Å². The number of unbranched alkanes of at least 4 members (excludes halogenated alkanes) is 3. The molecular weight excluding hydrogens is 673 g/mol. The Labute approximate surface area is 303 Å². The first-order chi connectivity index (χ1) is 24.5. The molecule has 0 radical (unpaired) electrons. The number of amidine groups is 2. The third kappa shape index (κ3) is 9.45. The molecule has 0 atom stereocenters. The predicted molar refractivity (Wildman–Crippen MR) is 202 cm³/mol. The molecule has 12 heteroatoms. The van der Waals surface area contributed by atoms with Gasteiger partial charge >= 0.3 is 0 Å². The highest BCUT2D eigenvalue weighted by Crippen LogP contribution is 2.36. The fourth-order valence-corrected chi connectivity index (χ4v) is 8.18. The summed E-state index contributed by atoms with van der Waals surface area (Å²) in [4.78, 5) is 39.4. The summed E-state index contributed by atoms with van der Waals surface area (Å²) in [5.74, 6) is 2.29. The molecule has 50 heavy (non-hydrogen) atoms. The second kappa shape index (κ2) is 17.8. The first-order valence-electron chi connectivity index (χ1n) is 17.7. The summed E-state index contributed by atoms with van der Waals surface area (Å²) in [6.07, 6.45) is 14.6. The number of nitrogens with zero attached hydrogens (tertiary/aromatic N) is 4. The Morgan fingerprint density at radius 3 is 1.42 bits per heavy atom. The monoisotopic (exact) mass is 718 g/mol. The van der Waals surface area contributed by atoms with Crippen LogP contribution in [0.1, 0.15) is 75.3 Å². The van der Waals surface area contributed by atoms with Gasteiger partial charge in [0.1, 0.15) is 0 Å². The topological polar surface area (TPSA) is 102 Å². The van der Waals surface area contributed by atoms with E-state index in [0.29, 0.717) is 46.0 Å². The third-order valence-corrected chi connectivity index (χ3v) is 11.1. The molecule has 10 nitrogen and oxygen atoms in total. The second-order valence-corrected chi connectivity index (χ2v) is 14.7. The Hall–Kier alpha value is -3.90. The largest absolute Gasteiger partial charge is 0.493 e. The molecule has 2 aromatic carbocycles. The van der Waals surface area contributed by atoms with Gasteiger partial charge in [0.2, 0.25) is 0 Å². The van der Waals surface area contributed by atoms with Gasteiger partial charge in [0.25, 0.3) is 11.8 Å². The number of likely N-dealkylation sites (tertiary alicyclic amines) is 2. The number of thioether (sulfide) groups is 2. The predicted octanol–water partition coefficient (Wildman–Crippen LogP) is 7.63. The number of aliphatic imine (C=N–C) groups is 2. The molecule has 0 bridgehead atoms. The number of hydrogen-bond acceptors (Lipinski definition) is 10. The Kier molecular flexibility index (Phi) is 12.8. The molecule has 0 unspecified atom stereocenters. The van der Waals surface area contributed by atoms with E-state index in [2.05, 4.69) is 19.8 Å². The van der Waals surface area contributed by atoms with Crippen molar-refractivity contribution in [2.45, 2.75) is 64.2 Å². The molecule has 2 amide bonds. The fraction of sp³-hybridized carbons (Fsp3) is 0.474. The van der Waals surface area contributed by atoms with Crippen molar-refractivity contribution in [2.24, 2.45) is 9.98 Å². The Morgan fingerprint density at radius 1 is 0.600 bits per heavy atom. The van der Waals surface area contributed by atoms with Crippen LogP contribution in [0.5, 0.6) is 23.0 Å². The first-order valence-corrected chi connectivity index (χ1v) is 19.3. The highest BCUT2D eigenvalue weighted by molar-refractivity contribution is 8.18. The van der Waals surface area contributed by atoms with E-state index in [4.69, 9.17) is 18.9 Å². The smallest absolute Gasteiger partial charge is 0.286 e. The summed E-state index contributed by atoms with van der Waals surface area (Å²) in [5, 5.41) is 1.63. The van der Waals surface area contributed by atoms with Crippen LogP contribution < -0.4 is 18.9 Å². The number of hydrogen-bond donors (Lipinski definition) is 0. The molecule has 0 N–H and O–H groups in total. The van der Waals surface area contributed by atoms with E-state index in [0.717, 1.165) is 99.0 Å². The molecular formula is C38H46N4O6S2. The van der Waals surface area contributed by atoms with Crippen molar-refractivity contribution < 1.29 is 28.5 Å². The summed E-state index contributed by atoms with van der Waals surface area (Å²) in [5.41, 5.74) is 1.76. The maximum absolute atomic E-state index is 12.6. The minimum Gasteiger partial charge on any atom is -0.493 e. The quantitative estimate of drug-likeness (QED) is 0.152. The van der Waals surface area contributed by atoms with Crippen LogP contribution in [0.3, 0.4) is 0 Å². The number of carbonyl (C=O) groups is 2. The highest BCUT2D eigenvalue weighted by Gasteiger charge is 2.28. The SMILES string of the molecule is COc1cc(/C=C2\SC(N3CCCCC3)=NC2=O)ccc1OCCCCCCOc1ccc(/C=C2\SC(N3CCCCC3)=NC2=O)cc1OC. The van der Waals surface area contributed by atoms with E-state index in [1.54, 1.807) is 14.2 Å². The minimum atomic E-state index is -0.181. The Bertz CT molecular complexity index is 1540. The summed E-state index contributed by atoms with van der Waals surface area (Å²) in [6, 6.07) is 11.5. The van der Waals surface area contributed by atoms with Crippen molar-refractivity contribution in [3.05, 3.63) is 57.3 Å². The molecule has 4 heterocycles. The Balaban J connectivity index is 0.900. The van der Waals surface area contributed by atoms with Crippen LogP contribution in [-0.2, 0) is 9.59 Å². The maximum atomic E-state index is 12.6. The zero-order chi connectivity index (χ0) is 34.7. The van der Waals surface area contributed by atoms with E-state index in [9.17, 15) is 9.59 Å². The lowest BCUT2D eigenvalue weighted by Gasteiger charge is -2.27. The lowest BCUT2D eigenvalue weighted by molar-refractivity contribution is -0.114. The third-order valence-electron chi connectivity index (χ3n) is 9.00. The second-order valence-electron chi connectivity index (χ2n) is 12.6. The molecule has 2 saturated heterocycles. The summed E-state index contributed by atoms with van der Waals surface area (Å²) in [6.45, 7) is 5.01. The van der Waals surface area contributed by atoms with Gasteiger partial charge in [0.05, 0.1) is 37.2 Å². The van der Waals surface area contributed by atoms with Crippen molar-refractivity contribution >= 4 is 57.8 Å². The van der Waals surface area contributed by atoms with Gasteiger partial charge < -0.3 is 28.7 Å². The average Bonchev–Trinajstić information content (AvgIpc) is 3.71. The molecule has 0 aliphatic carbocycles. The van der Waals surface area contributed by atoms with Crippen LogP contribution in [0, 0.1) is 0 Å². The van der Waals surface area contributed by atoms with Crippen LogP contribution in [0.4, 0.5) is 0 Å². The zero-order valence-electron chi connectivity index (χ0n) is 29.0. The number of rotatable bonds is 13. The van der Waals surface area contributed by atoms with E-state index in [-0.39, 0.29) is 11.8 Å². The van der Waals surface area contributed by atoms with E-state index in [1.807, 2.05) is 48.6 Å². The lowest BCUT2D eigenvalue weighted by Crippen LogP contribution is -2.33. The molecule has 4 aliphatic heterocycles. The highest BCUT2D eigenvalue weighted by atomic mass is 32.2. The molecule has 266 valence electrons. The van der Waals surface area contributed by atoms with Gasteiger partial charge in [-0.3, -0.25) is 9.59 Å². The minimum absolute atomic E-state index is 0.181. The standard InChI is InChI=1S/C38H46N4O6S2/c1-45-31-23-27(25-33-35(43)39-37(49-33)41-17-7-5-8-18-41)13-15-29(31)47-21-11-3-4-12-22-48-30-16-14-28(24-32(30)46-2)26-34-36(44)40-38(50-34)42-19-9-6-10-20-42/h13-16,23-26H,3-12,17-22H2,1-2H3/b33-25-,34-26-. The van der Waals surface area contributed by atoms with Crippen molar-refractivity contribution in [3.8, 4) is 23.0 Å². The number of amides is 2. The van der Waals surface area contributed by atoms with Crippen LogP contribution >= 0.6 is 23.5 Å². The van der Waals surface area contributed by atoms with Crippen LogP contribution in [0.25, 0.3) is 12.2 Å². The average molecular weight is 719 g/mol. The Morgan fingerprint density at radius 2 is 1.02 bits per heavy atom. The van der Waals surface area contributed by atoms with E-state index >= 15 is 0 Å². The van der Waals surface area contributed by atoms with Crippen molar-refractivity contribution in [1.82, 2.24) is 9.80 Å². The molecule has 4 aliphatic rings. The van der Waals surface area contributed by atoms with Gasteiger partial charge in [-0.05, 0) is 135 Å². The van der Waals surface area contributed by atoms with Gasteiger partial charge in [-0.2, -0.15) is 9.98 Å². The normalized spacial score (nSPS) is 19.6. The van der Waals surface area contributed by atoms with Crippen molar-refractivity contribution in [2.75, 3.05) is 53.6 Å². The van der Waals surface area contributed by atoms with Crippen LogP contribution in [0.15, 0.2) is 56.2 Å². The molecule has 2 aromatic rings. The number of benzene rings is 2. The van der Waals surface area contributed by atoms with Gasteiger partial charge in [0, 0.05) is 26.2 Å². The van der Waals surface area contributed by atoms with Gasteiger partial charge in [-0.15, -0.1) is 0 Å². The van der Waals surface area contributed by atoms with Crippen molar-refractivity contribution in [3.63, 3.8) is 0 Å². The van der Waals surface area contributed by atoms with Gasteiger partial charge in [-0.1, -0.05) is 12.1 Å². The van der Waals surface area contributed by atoms with Crippen molar-refractivity contribution in [1.29, 1.82) is 0 Å². The number of piperidine rings is 2. The summed E-state index contributed by atoms with van der Waals surface area (Å²) in [7, 11) is 3.25. The number of ether oxygens (including phenoxy) is 4. The fourth-order valence-electron chi connectivity index (χ4n) is 6.25. The molecule has 0 aromatic heterocycles. The molecule has 6 rings (SSSR count). The number of methoxy groups -OCH3 is 2. The van der Waals surface area contributed by atoms with E-state index < -0.39 is 0 Å². The molecule has 0 spiro atoms. The van der Waals surface area contributed by atoms with Crippen LogP contribution in [0.2, 0.25) is 0 Å². The summed E-state index contributed by atoms with van der Waals surface area (Å²) >= 11 is 2.91. The van der Waals surface area contributed by atoms with Gasteiger partial charge in [0.15, 0.2) is 33.3 Å². The first kappa shape index (κ1) is 35.9. The molecule has 2 fully saturated rings. The number of carbonyl (C=O) groups excluding carboxylic acids is 2. The lowest BCUT2D eigenvalue weighted by atomic mass is 10.1. The molecule has 0 saturated carbocycles. The van der Waals surface area contributed by atoms with Gasteiger partial charge in [-0.25, -0.2) is 0 Å².